The molecule has 2 heterocycles. The van der Waals surface area contributed by atoms with Crippen LogP contribution in [0.5, 0.6) is 5.75 Å². The summed E-state index contributed by atoms with van der Waals surface area (Å²) >= 11 is 6.02. The number of imide groups is 1. The van der Waals surface area contributed by atoms with E-state index >= 15 is 0 Å². The molecule has 2 aliphatic rings. The van der Waals surface area contributed by atoms with Crippen LogP contribution in [0.15, 0.2) is 48.5 Å². The van der Waals surface area contributed by atoms with Gasteiger partial charge in [0.2, 0.25) is 0 Å². The largest absolute Gasteiger partial charge is 0.496 e. The highest BCUT2D eigenvalue weighted by atomic mass is 35.5. The van der Waals surface area contributed by atoms with Gasteiger partial charge in [0.25, 0.3) is 11.8 Å². The third-order valence-electron chi connectivity index (χ3n) is 5.59. The van der Waals surface area contributed by atoms with E-state index in [1.165, 1.54) is 12.0 Å². The van der Waals surface area contributed by atoms with Crippen molar-refractivity contribution in [3.63, 3.8) is 0 Å². The number of nitrogens with one attached hydrogen (secondary N) is 1. The molecule has 0 aromatic heterocycles. The smallest absolute Gasteiger partial charge is 0.325 e. The highest BCUT2D eigenvalue weighted by Gasteiger charge is 2.53. The fourth-order valence-electron chi connectivity index (χ4n) is 4.13. The zero-order valence-corrected chi connectivity index (χ0v) is 17.3. The summed E-state index contributed by atoms with van der Waals surface area (Å²) in [6, 6.07) is 13.6. The van der Waals surface area contributed by atoms with Gasteiger partial charge in [0.05, 0.1) is 25.8 Å². The predicted molar refractivity (Wildman–Crippen MR) is 111 cm³/mol. The van der Waals surface area contributed by atoms with Crippen molar-refractivity contribution < 1.29 is 19.1 Å². The molecule has 2 saturated heterocycles. The molecule has 7 nitrogen and oxygen atoms in total. The second-order valence-electron chi connectivity index (χ2n) is 7.56. The lowest BCUT2D eigenvalue weighted by atomic mass is 9.88. The Bertz CT molecular complexity index is 1010. The molecular formula is C22H22ClN3O4. The monoisotopic (exact) mass is 427 g/mol. The molecule has 0 aliphatic carbocycles. The van der Waals surface area contributed by atoms with Crippen LogP contribution >= 0.6 is 11.6 Å². The molecular weight excluding hydrogens is 406 g/mol. The van der Waals surface area contributed by atoms with Gasteiger partial charge in [0.1, 0.15) is 11.3 Å². The van der Waals surface area contributed by atoms with Gasteiger partial charge >= 0.3 is 6.03 Å². The lowest BCUT2D eigenvalue weighted by molar-refractivity contribution is -0.133. The predicted octanol–water partition coefficient (Wildman–Crippen LogP) is 3.08. The first-order valence-corrected chi connectivity index (χ1v) is 10.1. The molecule has 0 bridgehead atoms. The van der Waals surface area contributed by atoms with Gasteiger partial charge in [-0.3, -0.25) is 14.5 Å². The van der Waals surface area contributed by atoms with Crippen molar-refractivity contribution in [2.24, 2.45) is 0 Å². The summed E-state index contributed by atoms with van der Waals surface area (Å²) in [7, 11) is 1.51. The van der Waals surface area contributed by atoms with Crippen LogP contribution in [0.2, 0.25) is 5.02 Å². The molecule has 2 aromatic rings. The zero-order chi connectivity index (χ0) is 21.3. The van der Waals surface area contributed by atoms with Crippen LogP contribution in [-0.2, 0) is 11.3 Å². The van der Waals surface area contributed by atoms with Gasteiger partial charge < -0.3 is 15.0 Å². The average Bonchev–Trinajstić information content (AvgIpc) is 2.97. The minimum Gasteiger partial charge on any atom is -0.496 e. The summed E-state index contributed by atoms with van der Waals surface area (Å²) in [6.07, 6.45) is 1.09. The Balaban J connectivity index is 1.55. The molecule has 1 atom stereocenters. The average molecular weight is 428 g/mol. The normalized spacial score (nSPS) is 21.1. The van der Waals surface area contributed by atoms with Gasteiger partial charge in [-0.2, -0.15) is 0 Å². The SMILES string of the molecule is COc1ccccc1C(=O)N1CCC[C@]2(C1)NC(=O)N(Cc1cccc(Cl)c1)C2=O. The number of hydrogen-bond acceptors (Lipinski definition) is 4. The van der Waals surface area contributed by atoms with Gasteiger partial charge in [-0.25, -0.2) is 4.79 Å². The van der Waals surface area contributed by atoms with Crippen LogP contribution in [0.4, 0.5) is 4.79 Å². The Morgan fingerprint density at radius 1 is 1.20 bits per heavy atom. The number of methoxy groups -OCH3 is 1. The molecule has 2 aromatic carbocycles. The number of rotatable bonds is 4. The Morgan fingerprint density at radius 3 is 2.77 bits per heavy atom. The number of likely N-dealkylation sites (tertiary alicyclic amines) is 1. The molecule has 8 heteroatoms. The topological polar surface area (TPSA) is 79.0 Å². The maximum Gasteiger partial charge on any atom is 0.325 e. The van der Waals surface area contributed by atoms with Crippen molar-refractivity contribution in [1.29, 1.82) is 0 Å². The first-order chi connectivity index (χ1) is 14.4. The summed E-state index contributed by atoms with van der Waals surface area (Å²) in [5.41, 5.74) is 0.0939. The fourth-order valence-corrected chi connectivity index (χ4v) is 4.35. The van der Waals surface area contributed by atoms with E-state index in [-0.39, 0.29) is 24.9 Å². The molecule has 0 unspecified atom stereocenters. The molecule has 30 heavy (non-hydrogen) atoms. The number of carbonyl (C=O) groups excluding carboxylic acids is 3. The second kappa shape index (κ2) is 7.99. The maximum atomic E-state index is 13.3. The number of urea groups is 1. The number of para-hydroxylation sites is 1. The molecule has 1 N–H and O–H groups in total. The number of benzene rings is 2. The Kier molecular flexibility index (Phi) is 5.39. The number of carbonyl (C=O) groups is 3. The van der Waals surface area contributed by atoms with Crippen molar-refractivity contribution in [3.05, 3.63) is 64.7 Å². The lowest BCUT2D eigenvalue weighted by Gasteiger charge is -2.38. The summed E-state index contributed by atoms with van der Waals surface area (Å²) in [6.45, 7) is 0.768. The number of hydrogen-bond donors (Lipinski definition) is 1. The fraction of sp³-hybridized carbons (Fsp3) is 0.318. The highest BCUT2D eigenvalue weighted by Crippen LogP contribution is 2.31. The lowest BCUT2D eigenvalue weighted by Crippen LogP contribution is -2.59. The third-order valence-corrected chi connectivity index (χ3v) is 5.83. The van der Waals surface area contributed by atoms with Gasteiger partial charge in [-0.15, -0.1) is 0 Å². The first kappa shape index (κ1) is 20.2. The summed E-state index contributed by atoms with van der Waals surface area (Å²) in [4.78, 5) is 41.8. The quantitative estimate of drug-likeness (QED) is 0.760. The molecule has 156 valence electrons. The Labute approximate surface area is 179 Å². The molecule has 0 radical (unpaired) electrons. The van der Waals surface area contributed by atoms with Crippen molar-refractivity contribution >= 4 is 29.4 Å². The van der Waals surface area contributed by atoms with Crippen molar-refractivity contribution in [3.8, 4) is 5.75 Å². The summed E-state index contributed by atoms with van der Waals surface area (Å²) < 4.78 is 5.30. The Hall–Kier alpha value is -3.06. The zero-order valence-electron chi connectivity index (χ0n) is 16.6. The summed E-state index contributed by atoms with van der Waals surface area (Å²) in [5, 5.41) is 3.39. The molecule has 4 rings (SSSR count). The maximum absolute atomic E-state index is 13.3. The van der Waals surface area contributed by atoms with E-state index in [4.69, 9.17) is 16.3 Å². The van der Waals surface area contributed by atoms with Crippen LogP contribution in [0.1, 0.15) is 28.8 Å². The second-order valence-corrected chi connectivity index (χ2v) is 8.00. The third kappa shape index (κ3) is 3.61. The minimum absolute atomic E-state index is 0.125. The van der Waals surface area contributed by atoms with Crippen LogP contribution in [0, 0.1) is 0 Å². The van der Waals surface area contributed by atoms with Crippen molar-refractivity contribution in [2.45, 2.75) is 24.9 Å². The van der Waals surface area contributed by atoms with E-state index in [0.29, 0.717) is 35.7 Å². The van der Waals surface area contributed by atoms with Crippen LogP contribution in [0.25, 0.3) is 0 Å². The van der Waals surface area contributed by atoms with E-state index in [1.807, 2.05) is 6.07 Å². The van der Waals surface area contributed by atoms with Crippen LogP contribution in [0.3, 0.4) is 0 Å². The van der Waals surface area contributed by atoms with Gasteiger partial charge in [-0.1, -0.05) is 35.9 Å². The van der Waals surface area contributed by atoms with Gasteiger partial charge in [-0.05, 0) is 42.7 Å². The molecule has 1 spiro atoms. The number of piperidine rings is 1. The molecule has 4 amide bonds. The number of halogens is 1. The highest BCUT2D eigenvalue weighted by molar-refractivity contribution is 6.30. The number of ether oxygens (including phenoxy) is 1. The molecule has 0 saturated carbocycles. The van der Waals surface area contributed by atoms with Crippen molar-refractivity contribution in [2.75, 3.05) is 20.2 Å². The van der Waals surface area contributed by atoms with Crippen LogP contribution in [-0.4, -0.2) is 53.4 Å². The van der Waals surface area contributed by atoms with E-state index in [9.17, 15) is 14.4 Å². The number of nitrogens with zero attached hydrogens (tertiary/aromatic N) is 2. The van der Waals surface area contributed by atoms with Gasteiger partial charge in [0, 0.05) is 11.6 Å². The van der Waals surface area contributed by atoms with E-state index < -0.39 is 11.6 Å². The van der Waals surface area contributed by atoms with E-state index in [1.54, 1.807) is 47.4 Å². The van der Waals surface area contributed by atoms with E-state index in [0.717, 1.165) is 5.56 Å². The van der Waals surface area contributed by atoms with Crippen LogP contribution < -0.4 is 10.1 Å². The molecule has 2 fully saturated rings. The Morgan fingerprint density at radius 2 is 2.00 bits per heavy atom. The first-order valence-electron chi connectivity index (χ1n) is 9.74. The summed E-state index contributed by atoms with van der Waals surface area (Å²) in [5.74, 6) is -0.0571. The van der Waals surface area contributed by atoms with Gasteiger partial charge in [0.15, 0.2) is 0 Å². The molecule has 2 aliphatic heterocycles. The van der Waals surface area contributed by atoms with Crippen molar-refractivity contribution in [1.82, 2.24) is 15.1 Å². The standard InChI is InChI=1S/C22H22ClN3O4/c1-30-18-9-3-2-8-17(18)19(27)25-11-5-10-22(14-25)20(28)26(21(29)24-22)13-15-6-4-7-16(23)12-15/h2-4,6-9,12H,5,10-11,13-14H2,1H3,(H,24,29)/t22-/m1/s1. The van der Waals surface area contributed by atoms with E-state index in [2.05, 4.69) is 5.32 Å². The minimum atomic E-state index is -1.11. The number of amides is 4.